The minimum absolute atomic E-state index is 0.378. The largest absolute Gasteiger partial charge is 0.423 e. The lowest BCUT2D eigenvalue weighted by Crippen LogP contribution is -2.30. The quantitative estimate of drug-likeness (QED) is 0.706. The van der Waals surface area contributed by atoms with Crippen LogP contribution in [0.5, 0.6) is 5.75 Å². The molecule has 0 saturated carbocycles. The smallest absolute Gasteiger partial charge is 0.414 e. The summed E-state index contributed by atoms with van der Waals surface area (Å²) in [6.45, 7) is 2.66. The summed E-state index contributed by atoms with van der Waals surface area (Å²) in [5.41, 5.74) is 2.45. The lowest BCUT2D eigenvalue weighted by molar-refractivity contribution is 0.163. The van der Waals surface area contributed by atoms with Crippen molar-refractivity contribution in [1.82, 2.24) is 20.1 Å². The first-order valence-corrected chi connectivity index (χ1v) is 7.92. The molecule has 0 atom stereocenters. The third-order valence-corrected chi connectivity index (χ3v) is 3.59. The van der Waals surface area contributed by atoms with Crippen LogP contribution in [0.15, 0.2) is 53.5 Å². The highest BCUT2D eigenvalue weighted by Gasteiger charge is 2.11. The summed E-state index contributed by atoms with van der Waals surface area (Å²) in [4.78, 5) is 17.8. The molecule has 0 aliphatic rings. The Bertz CT molecular complexity index is 849. The topological polar surface area (TPSA) is 81.4 Å². The summed E-state index contributed by atoms with van der Waals surface area (Å²) in [6.07, 6.45) is 5.15. The Labute approximate surface area is 145 Å². The molecule has 1 amide bonds. The highest BCUT2D eigenvalue weighted by molar-refractivity contribution is 5.73. The summed E-state index contributed by atoms with van der Waals surface area (Å²) in [5.74, 6) is 0.881. The maximum atomic E-state index is 12.0. The van der Waals surface area contributed by atoms with Gasteiger partial charge in [-0.2, -0.15) is 0 Å². The summed E-state index contributed by atoms with van der Waals surface area (Å²) in [7, 11) is 1.72. The van der Waals surface area contributed by atoms with Crippen molar-refractivity contribution >= 4 is 6.09 Å². The first-order valence-electron chi connectivity index (χ1n) is 7.92. The lowest BCUT2D eigenvalue weighted by Gasteiger charge is -2.16. The molecule has 2 aromatic heterocycles. The summed E-state index contributed by atoms with van der Waals surface area (Å²) < 4.78 is 10.6. The van der Waals surface area contributed by atoms with Gasteiger partial charge in [0, 0.05) is 31.5 Å². The zero-order chi connectivity index (χ0) is 17.6. The number of carbonyl (C=O) groups excluding carboxylic acids is 1. The van der Waals surface area contributed by atoms with E-state index in [2.05, 4.69) is 15.2 Å². The number of pyridine rings is 1. The summed E-state index contributed by atoms with van der Waals surface area (Å²) >= 11 is 0. The van der Waals surface area contributed by atoms with Crippen LogP contribution in [0.3, 0.4) is 0 Å². The maximum absolute atomic E-state index is 12.0. The zero-order valence-electron chi connectivity index (χ0n) is 14.0. The molecule has 3 aromatic rings. The number of ether oxygens (including phenoxy) is 1. The number of nitrogens with zero attached hydrogens (tertiary/aromatic N) is 4. The molecule has 7 nitrogen and oxygen atoms in total. The average molecular weight is 338 g/mol. The van der Waals surface area contributed by atoms with Crippen molar-refractivity contribution in [1.29, 1.82) is 0 Å². The second-order valence-electron chi connectivity index (χ2n) is 5.52. The van der Waals surface area contributed by atoms with Crippen molar-refractivity contribution in [2.75, 3.05) is 13.6 Å². The Balaban J connectivity index is 1.82. The fourth-order valence-electron chi connectivity index (χ4n) is 2.36. The Hall–Kier alpha value is -3.22. The van der Waals surface area contributed by atoms with Gasteiger partial charge in [-0.15, -0.1) is 10.2 Å². The number of rotatable bonds is 5. The molecule has 2 heterocycles. The molecule has 0 aliphatic carbocycles. The molecular formula is C18H18N4O3. The highest BCUT2D eigenvalue weighted by Crippen LogP contribution is 2.27. The Morgan fingerprint density at radius 1 is 1.20 bits per heavy atom. The van der Waals surface area contributed by atoms with Crippen molar-refractivity contribution in [2.24, 2.45) is 0 Å². The van der Waals surface area contributed by atoms with Crippen LogP contribution in [0.2, 0.25) is 0 Å². The van der Waals surface area contributed by atoms with Crippen LogP contribution in [0.25, 0.3) is 22.6 Å². The number of aromatic nitrogens is 3. The van der Waals surface area contributed by atoms with Gasteiger partial charge in [0.05, 0.1) is 5.56 Å². The molecule has 0 radical (unpaired) electrons. The summed E-state index contributed by atoms with van der Waals surface area (Å²) in [6, 6.07) is 9.19. The number of amides is 1. The first-order chi connectivity index (χ1) is 12.2. The third kappa shape index (κ3) is 4.00. The van der Waals surface area contributed by atoms with Crippen molar-refractivity contribution in [2.45, 2.75) is 13.3 Å². The minimum Gasteiger partial charge on any atom is -0.423 e. The van der Waals surface area contributed by atoms with E-state index in [0.29, 0.717) is 18.2 Å². The van der Waals surface area contributed by atoms with Crippen molar-refractivity contribution in [3.8, 4) is 28.3 Å². The second-order valence-corrected chi connectivity index (χ2v) is 5.52. The van der Waals surface area contributed by atoms with E-state index in [1.165, 1.54) is 6.39 Å². The van der Waals surface area contributed by atoms with Gasteiger partial charge in [-0.1, -0.05) is 19.1 Å². The number of carbonyl (C=O) groups is 1. The standard InChI is InChI=1S/C18H18N4O3/c1-3-7-22(2)18(23)25-16-6-4-5-13(9-16)14-8-15(11-19-10-14)17-21-20-12-24-17/h4-6,8-12H,3,7H2,1-2H3. The number of benzene rings is 1. The number of hydrogen-bond donors (Lipinski definition) is 0. The van der Waals surface area contributed by atoms with Gasteiger partial charge in [-0.05, 0) is 30.2 Å². The van der Waals surface area contributed by atoms with E-state index in [1.54, 1.807) is 36.5 Å². The van der Waals surface area contributed by atoms with Crippen LogP contribution in [0, 0.1) is 0 Å². The molecule has 128 valence electrons. The van der Waals surface area contributed by atoms with E-state index in [-0.39, 0.29) is 6.09 Å². The normalized spacial score (nSPS) is 10.5. The minimum atomic E-state index is -0.378. The van der Waals surface area contributed by atoms with Crippen LogP contribution >= 0.6 is 0 Å². The maximum Gasteiger partial charge on any atom is 0.414 e. The van der Waals surface area contributed by atoms with Gasteiger partial charge in [0.15, 0.2) is 0 Å². The van der Waals surface area contributed by atoms with Gasteiger partial charge in [0.2, 0.25) is 12.3 Å². The molecule has 0 fully saturated rings. The molecular weight excluding hydrogens is 320 g/mol. The average Bonchev–Trinajstić information content (AvgIpc) is 3.17. The van der Waals surface area contributed by atoms with Gasteiger partial charge in [-0.25, -0.2) is 4.79 Å². The van der Waals surface area contributed by atoms with E-state index >= 15 is 0 Å². The SMILES string of the molecule is CCCN(C)C(=O)Oc1cccc(-c2cncc(-c3nnco3)c2)c1. The zero-order valence-corrected chi connectivity index (χ0v) is 14.0. The monoisotopic (exact) mass is 338 g/mol. The van der Waals surface area contributed by atoms with E-state index < -0.39 is 0 Å². The molecule has 0 spiro atoms. The fourth-order valence-corrected chi connectivity index (χ4v) is 2.36. The highest BCUT2D eigenvalue weighted by atomic mass is 16.6. The molecule has 7 heteroatoms. The summed E-state index contributed by atoms with van der Waals surface area (Å²) in [5, 5.41) is 7.56. The van der Waals surface area contributed by atoms with Gasteiger partial charge >= 0.3 is 6.09 Å². The molecule has 25 heavy (non-hydrogen) atoms. The van der Waals surface area contributed by atoms with E-state index in [4.69, 9.17) is 9.15 Å². The Morgan fingerprint density at radius 2 is 2.04 bits per heavy atom. The van der Waals surface area contributed by atoms with Crippen LogP contribution in [-0.4, -0.2) is 39.8 Å². The lowest BCUT2D eigenvalue weighted by atomic mass is 10.1. The van der Waals surface area contributed by atoms with Gasteiger partial charge < -0.3 is 14.1 Å². The molecule has 0 bridgehead atoms. The van der Waals surface area contributed by atoms with Gasteiger partial charge in [0.25, 0.3) is 0 Å². The van der Waals surface area contributed by atoms with E-state index in [0.717, 1.165) is 23.1 Å². The number of hydrogen-bond acceptors (Lipinski definition) is 6. The molecule has 0 N–H and O–H groups in total. The van der Waals surface area contributed by atoms with E-state index in [1.807, 2.05) is 25.1 Å². The van der Waals surface area contributed by atoms with Crippen molar-refractivity contribution < 1.29 is 13.9 Å². The van der Waals surface area contributed by atoms with Crippen LogP contribution < -0.4 is 4.74 Å². The molecule has 3 rings (SSSR count). The van der Waals surface area contributed by atoms with E-state index in [9.17, 15) is 4.79 Å². The van der Waals surface area contributed by atoms with Crippen LogP contribution in [0.1, 0.15) is 13.3 Å². The third-order valence-electron chi connectivity index (χ3n) is 3.59. The molecule has 0 saturated heterocycles. The van der Waals surface area contributed by atoms with Crippen molar-refractivity contribution in [3.05, 3.63) is 49.1 Å². The Kier molecular flexibility index (Phi) is 5.03. The molecule has 0 aliphatic heterocycles. The first kappa shape index (κ1) is 16.6. The molecule has 0 unspecified atom stereocenters. The molecule has 1 aromatic carbocycles. The fraction of sp³-hybridized carbons (Fsp3) is 0.222. The van der Waals surface area contributed by atoms with Gasteiger partial charge in [0.1, 0.15) is 5.75 Å². The van der Waals surface area contributed by atoms with Crippen molar-refractivity contribution in [3.63, 3.8) is 0 Å². The second kappa shape index (κ2) is 7.57. The van der Waals surface area contributed by atoms with Gasteiger partial charge in [-0.3, -0.25) is 4.98 Å². The van der Waals surface area contributed by atoms with Crippen LogP contribution in [0.4, 0.5) is 4.79 Å². The Morgan fingerprint density at radius 3 is 2.80 bits per heavy atom. The van der Waals surface area contributed by atoms with Crippen LogP contribution in [-0.2, 0) is 0 Å². The predicted molar refractivity (Wildman–Crippen MR) is 91.9 cm³/mol. The predicted octanol–water partition coefficient (Wildman–Crippen LogP) is 3.64.